The van der Waals surface area contributed by atoms with Crippen molar-refractivity contribution in [2.24, 2.45) is 4.99 Å². The van der Waals surface area contributed by atoms with Crippen LogP contribution in [0.15, 0.2) is 61.9 Å². The molecule has 1 aliphatic rings. The molecule has 0 saturated heterocycles. The van der Waals surface area contributed by atoms with Crippen LogP contribution in [0, 0.1) is 0 Å². The Morgan fingerprint density at radius 2 is 1.87 bits per heavy atom. The van der Waals surface area contributed by atoms with E-state index in [9.17, 15) is 9.59 Å². The maximum absolute atomic E-state index is 13.9. The summed E-state index contributed by atoms with van der Waals surface area (Å²) < 4.78 is 25.1. The summed E-state index contributed by atoms with van der Waals surface area (Å²) >= 11 is 4.91. The lowest BCUT2D eigenvalue weighted by Gasteiger charge is -2.26. The van der Waals surface area contributed by atoms with Crippen LogP contribution in [0.3, 0.4) is 0 Å². The van der Waals surface area contributed by atoms with Gasteiger partial charge in [-0.15, -0.1) is 0 Å². The Bertz CT molecular complexity index is 1590. The number of allylic oxidation sites excluding steroid dienone is 1. The summed E-state index contributed by atoms with van der Waals surface area (Å²) in [5.74, 6) is 1.26. The van der Waals surface area contributed by atoms with Crippen LogP contribution in [0.25, 0.3) is 6.08 Å². The molecule has 0 saturated carbocycles. The number of halogens is 1. The molecule has 0 amide bonds. The van der Waals surface area contributed by atoms with Crippen molar-refractivity contribution in [3.05, 3.63) is 83.0 Å². The van der Waals surface area contributed by atoms with E-state index in [1.54, 1.807) is 37.7 Å². The fourth-order valence-electron chi connectivity index (χ4n) is 4.34. The maximum Gasteiger partial charge on any atom is 0.338 e. The van der Waals surface area contributed by atoms with Crippen LogP contribution in [-0.2, 0) is 9.53 Å². The predicted octanol–water partition coefficient (Wildman–Crippen LogP) is 4.76. The van der Waals surface area contributed by atoms with E-state index in [4.69, 9.17) is 18.9 Å². The first-order valence-corrected chi connectivity index (χ1v) is 14.3. The van der Waals surface area contributed by atoms with Crippen molar-refractivity contribution in [2.75, 3.05) is 20.3 Å². The molecule has 2 aromatic carbocycles. The monoisotopic (exact) mass is 614 g/mol. The molecule has 3 aromatic rings. The number of fused-ring (bicyclic) bond motifs is 1. The van der Waals surface area contributed by atoms with E-state index < -0.39 is 12.0 Å². The highest BCUT2D eigenvalue weighted by molar-refractivity contribution is 9.10. The Kier molecular flexibility index (Phi) is 8.97. The summed E-state index contributed by atoms with van der Waals surface area (Å²) in [4.78, 5) is 32.2. The highest BCUT2D eigenvalue weighted by Crippen LogP contribution is 2.41. The normalized spacial score (nSPS) is 15.2. The molecule has 4 rings (SSSR count). The lowest BCUT2D eigenvalue weighted by atomic mass is 9.95. The van der Waals surface area contributed by atoms with E-state index >= 15 is 0 Å². The minimum atomic E-state index is -0.789. The first kappa shape index (κ1) is 28.6. The molecule has 206 valence electrons. The predicted molar refractivity (Wildman–Crippen MR) is 154 cm³/mol. The van der Waals surface area contributed by atoms with E-state index in [1.807, 2.05) is 51.1 Å². The van der Waals surface area contributed by atoms with E-state index in [1.165, 1.54) is 11.3 Å². The van der Waals surface area contributed by atoms with Crippen molar-refractivity contribution in [3.8, 4) is 17.2 Å². The second-order valence-electron chi connectivity index (χ2n) is 9.00. The van der Waals surface area contributed by atoms with Gasteiger partial charge in [-0.3, -0.25) is 9.36 Å². The Labute approximate surface area is 239 Å². The topological polar surface area (TPSA) is 88.4 Å². The Morgan fingerprint density at radius 3 is 2.49 bits per heavy atom. The van der Waals surface area contributed by atoms with E-state index in [0.717, 1.165) is 11.3 Å². The molecule has 0 bridgehead atoms. The molecular weight excluding hydrogens is 584 g/mol. The second kappa shape index (κ2) is 12.2. The molecule has 1 aromatic heterocycles. The van der Waals surface area contributed by atoms with Gasteiger partial charge < -0.3 is 18.9 Å². The summed E-state index contributed by atoms with van der Waals surface area (Å²) in [6.45, 7) is 9.96. The van der Waals surface area contributed by atoms with Gasteiger partial charge in [0.1, 0.15) is 5.75 Å². The molecule has 0 N–H and O–H groups in total. The number of hydrogen-bond acceptors (Lipinski definition) is 8. The smallest absolute Gasteiger partial charge is 0.338 e. The molecule has 10 heteroatoms. The standard InChI is InChI=1S/C29H31BrN2O6S/c1-7-36-23-15-21(30)20(14-22(23)35-6)26-25(28(34)37-8-2)17(5)31-29-32(26)27(33)24(39-29)13-18-9-11-19(12-10-18)38-16(3)4/h9-16,26H,7-8H2,1-6H3/b24-13+/t26-/m0/s1. The number of ether oxygens (including phenoxy) is 4. The number of nitrogens with zero attached hydrogens (tertiary/aromatic N) is 2. The average Bonchev–Trinajstić information content (AvgIpc) is 3.19. The number of carbonyl (C=O) groups is 1. The molecule has 0 aliphatic carbocycles. The Balaban J connectivity index is 1.92. The molecule has 8 nitrogen and oxygen atoms in total. The quantitative estimate of drug-likeness (QED) is 0.323. The molecule has 1 aliphatic heterocycles. The summed E-state index contributed by atoms with van der Waals surface area (Å²) in [6.07, 6.45) is 1.88. The summed E-state index contributed by atoms with van der Waals surface area (Å²) in [5.41, 5.74) is 2.01. The highest BCUT2D eigenvalue weighted by atomic mass is 79.9. The number of carbonyl (C=O) groups excluding carboxylic acids is 1. The van der Waals surface area contributed by atoms with Crippen molar-refractivity contribution < 1.29 is 23.7 Å². The van der Waals surface area contributed by atoms with E-state index in [-0.39, 0.29) is 23.8 Å². The van der Waals surface area contributed by atoms with Gasteiger partial charge >= 0.3 is 5.97 Å². The SMILES string of the molecule is CCOC(=O)C1=C(C)N=c2s/c(=C/c3ccc(OC(C)C)cc3)c(=O)n2[C@H]1c1cc(OC)c(OCC)cc1Br. The van der Waals surface area contributed by atoms with Gasteiger partial charge in [-0.2, -0.15) is 0 Å². The number of rotatable bonds is 9. The van der Waals surface area contributed by atoms with Crippen LogP contribution in [0.4, 0.5) is 0 Å². The van der Waals surface area contributed by atoms with Gasteiger partial charge in [-0.1, -0.05) is 39.4 Å². The third-order valence-electron chi connectivity index (χ3n) is 5.94. The molecule has 0 unspecified atom stereocenters. The average molecular weight is 616 g/mol. The first-order valence-electron chi connectivity index (χ1n) is 12.6. The molecular formula is C29H31BrN2O6S. The molecule has 0 fully saturated rings. The van der Waals surface area contributed by atoms with Crippen molar-refractivity contribution in [1.82, 2.24) is 4.57 Å². The lowest BCUT2D eigenvalue weighted by Crippen LogP contribution is -2.40. The van der Waals surface area contributed by atoms with Crippen LogP contribution in [0.2, 0.25) is 0 Å². The minimum Gasteiger partial charge on any atom is -0.493 e. The number of methoxy groups -OCH3 is 1. The number of aromatic nitrogens is 1. The Morgan fingerprint density at radius 1 is 1.15 bits per heavy atom. The molecule has 0 radical (unpaired) electrons. The second-order valence-corrected chi connectivity index (χ2v) is 10.9. The summed E-state index contributed by atoms with van der Waals surface area (Å²) in [6, 6.07) is 10.3. The van der Waals surface area contributed by atoms with Crippen LogP contribution in [-0.4, -0.2) is 37.0 Å². The van der Waals surface area contributed by atoms with Crippen molar-refractivity contribution >= 4 is 39.3 Å². The minimum absolute atomic E-state index is 0.0666. The van der Waals surface area contributed by atoms with Crippen molar-refractivity contribution in [1.29, 1.82) is 0 Å². The molecule has 2 heterocycles. The van der Waals surface area contributed by atoms with Gasteiger partial charge in [0.25, 0.3) is 5.56 Å². The maximum atomic E-state index is 13.9. The van der Waals surface area contributed by atoms with Gasteiger partial charge in [0.15, 0.2) is 16.3 Å². The fraction of sp³-hybridized carbons (Fsp3) is 0.345. The Hall–Kier alpha value is -3.37. The third kappa shape index (κ3) is 5.96. The fourth-order valence-corrected chi connectivity index (χ4v) is 5.93. The zero-order valence-corrected chi connectivity index (χ0v) is 25.1. The van der Waals surface area contributed by atoms with Gasteiger partial charge in [0, 0.05) is 4.47 Å². The summed E-state index contributed by atoms with van der Waals surface area (Å²) in [5, 5.41) is 0. The van der Waals surface area contributed by atoms with E-state index in [0.29, 0.717) is 43.2 Å². The number of thiazole rings is 1. The number of benzene rings is 2. The first-order chi connectivity index (χ1) is 18.7. The lowest BCUT2D eigenvalue weighted by molar-refractivity contribution is -0.139. The van der Waals surface area contributed by atoms with Gasteiger partial charge in [0.05, 0.1) is 48.3 Å². The molecule has 0 spiro atoms. The van der Waals surface area contributed by atoms with Crippen molar-refractivity contribution in [2.45, 2.75) is 46.8 Å². The van der Waals surface area contributed by atoms with Gasteiger partial charge in [-0.05, 0) is 76.1 Å². The molecule has 39 heavy (non-hydrogen) atoms. The highest BCUT2D eigenvalue weighted by Gasteiger charge is 2.35. The van der Waals surface area contributed by atoms with Crippen molar-refractivity contribution in [3.63, 3.8) is 0 Å². The van der Waals surface area contributed by atoms with Gasteiger partial charge in [-0.25, -0.2) is 9.79 Å². The van der Waals surface area contributed by atoms with Gasteiger partial charge in [0.2, 0.25) is 0 Å². The number of esters is 1. The number of hydrogen-bond donors (Lipinski definition) is 0. The largest absolute Gasteiger partial charge is 0.493 e. The van der Waals surface area contributed by atoms with Crippen LogP contribution < -0.4 is 29.1 Å². The van der Waals surface area contributed by atoms with E-state index in [2.05, 4.69) is 20.9 Å². The zero-order valence-electron chi connectivity index (χ0n) is 22.7. The molecule has 1 atom stereocenters. The summed E-state index contributed by atoms with van der Waals surface area (Å²) in [7, 11) is 1.55. The van der Waals surface area contributed by atoms with Crippen LogP contribution >= 0.6 is 27.3 Å². The third-order valence-corrected chi connectivity index (χ3v) is 7.61. The van der Waals surface area contributed by atoms with Crippen LogP contribution in [0.5, 0.6) is 17.2 Å². The van der Waals surface area contributed by atoms with Crippen LogP contribution in [0.1, 0.15) is 51.8 Å². The zero-order chi connectivity index (χ0) is 28.3.